The fourth-order valence-electron chi connectivity index (χ4n) is 1.56. The molecule has 0 aliphatic carbocycles. The van der Waals surface area contributed by atoms with Gasteiger partial charge in [-0.15, -0.1) is 11.8 Å². The summed E-state index contributed by atoms with van der Waals surface area (Å²) in [5.41, 5.74) is 6.20. The van der Waals surface area contributed by atoms with Crippen molar-refractivity contribution < 1.29 is 22.3 Å². The topological polar surface area (TPSA) is 35.2 Å². The van der Waals surface area contributed by atoms with Gasteiger partial charge in [-0.2, -0.15) is 13.2 Å². The molecule has 2 nitrogen and oxygen atoms in total. The van der Waals surface area contributed by atoms with Gasteiger partial charge in [0, 0.05) is 12.0 Å². The van der Waals surface area contributed by atoms with Crippen molar-refractivity contribution >= 4 is 11.8 Å². The van der Waals surface area contributed by atoms with Crippen LogP contribution < -0.4 is 5.73 Å². The first-order chi connectivity index (χ1) is 8.87. The maximum atomic E-state index is 12.5. The van der Waals surface area contributed by atoms with Crippen LogP contribution in [0.4, 0.5) is 17.6 Å². The average molecular weight is 297 g/mol. The molecule has 0 aliphatic rings. The lowest BCUT2D eigenvalue weighted by atomic mass is 10.0. The minimum Gasteiger partial charge on any atom is -0.375 e. The first-order valence-electron chi connectivity index (χ1n) is 5.51. The molecular formula is C12H15F4NOS. The van der Waals surface area contributed by atoms with E-state index in [1.54, 1.807) is 24.3 Å². The average Bonchev–Trinajstić information content (AvgIpc) is 2.37. The van der Waals surface area contributed by atoms with E-state index < -0.39 is 30.7 Å². The Morgan fingerprint density at radius 2 is 1.84 bits per heavy atom. The van der Waals surface area contributed by atoms with E-state index in [-0.39, 0.29) is 0 Å². The van der Waals surface area contributed by atoms with Gasteiger partial charge in [0.05, 0.1) is 17.9 Å². The van der Waals surface area contributed by atoms with E-state index in [0.29, 0.717) is 22.2 Å². The van der Waals surface area contributed by atoms with Gasteiger partial charge in [0.15, 0.2) is 0 Å². The molecule has 1 aromatic rings. The summed E-state index contributed by atoms with van der Waals surface area (Å²) in [5, 5.41) is 0. The molecule has 108 valence electrons. The van der Waals surface area contributed by atoms with Crippen LogP contribution in [0.15, 0.2) is 29.2 Å². The van der Waals surface area contributed by atoms with E-state index >= 15 is 0 Å². The summed E-state index contributed by atoms with van der Waals surface area (Å²) in [5.74, 6) is -0.940. The highest BCUT2D eigenvalue weighted by Gasteiger charge is 2.27. The highest BCUT2D eigenvalue weighted by molar-refractivity contribution is 7.99. The minimum atomic E-state index is -4.20. The van der Waals surface area contributed by atoms with Gasteiger partial charge in [-0.1, -0.05) is 12.1 Å². The quantitative estimate of drug-likeness (QED) is 0.646. The van der Waals surface area contributed by atoms with Crippen molar-refractivity contribution in [2.45, 2.75) is 23.2 Å². The Morgan fingerprint density at radius 3 is 2.26 bits per heavy atom. The fourth-order valence-corrected chi connectivity index (χ4v) is 2.22. The normalized spacial score (nSPS) is 15.3. The molecule has 1 aromatic carbocycles. The third-order valence-corrected chi connectivity index (χ3v) is 3.51. The van der Waals surface area contributed by atoms with Crippen LogP contribution in [0.2, 0.25) is 0 Å². The SMILES string of the molecule is COC(c1ccc(SCC(F)(F)F)cc1)C(N)CF. The van der Waals surface area contributed by atoms with Crippen LogP contribution in [0.1, 0.15) is 11.7 Å². The number of nitrogens with two attached hydrogens (primary N) is 1. The van der Waals surface area contributed by atoms with E-state index in [2.05, 4.69) is 0 Å². The second-order valence-electron chi connectivity index (χ2n) is 3.95. The number of alkyl halides is 4. The van der Waals surface area contributed by atoms with Crippen LogP contribution >= 0.6 is 11.8 Å². The van der Waals surface area contributed by atoms with E-state index in [1.165, 1.54) is 7.11 Å². The van der Waals surface area contributed by atoms with Crippen LogP contribution in [-0.4, -0.2) is 31.8 Å². The molecule has 7 heteroatoms. The molecular weight excluding hydrogens is 282 g/mol. The summed E-state index contributed by atoms with van der Waals surface area (Å²) < 4.78 is 53.8. The zero-order valence-corrected chi connectivity index (χ0v) is 11.1. The van der Waals surface area contributed by atoms with Crippen LogP contribution in [0.25, 0.3) is 0 Å². The van der Waals surface area contributed by atoms with Crippen LogP contribution in [-0.2, 0) is 4.74 Å². The van der Waals surface area contributed by atoms with Gasteiger partial charge in [-0.3, -0.25) is 0 Å². The molecule has 2 atom stereocenters. The highest BCUT2D eigenvalue weighted by atomic mass is 32.2. The van der Waals surface area contributed by atoms with Crippen LogP contribution in [0, 0.1) is 0 Å². The third-order valence-electron chi connectivity index (χ3n) is 2.43. The summed E-state index contributed by atoms with van der Waals surface area (Å²) in [6.45, 7) is -0.733. The second kappa shape index (κ2) is 7.12. The van der Waals surface area contributed by atoms with Gasteiger partial charge >= 0.3 is 6.18 Å². The molecule has 0 saturated heterocycles. The summed E-state index contributed by atoms with van der Waals surface area (Å²) >= 11 is 0.698. The van der Waals surface area contributed by atoms with Gasteiger partial charge in [0.2, 0.25) is 0 Å². The molecule has 0 amide bonds. The minimum absolute atomic E-state index is 0.491. The predicted molar refractivity (Wildman–Crippen MR) is 66.9 cm³/mol. The predicted octanol–water partition coefficient (Wildman–Crippen LogP) is 3.33. The molecule has 0 aliphatic heterocycles. The number of methoxy groups -OCH3 is 1. The Kier molecular flexibility index (Phi) is 6.09. The molecule has 0 saturated carbocycles. The van der Waals surface area contributed by atoms with Gasteiger partial charge in [-0.05, 0) is 17.7 Å². The Hall–Kier alpha value is -0.790. The monoisotopic (exact) mass is 297 g/mol. The molecule has 2 N–H and O–H groups in total. The van der Waals surface area contributed by atoms with E-state index in [9.17, 15) is 17.6 Å². The van der Waals surface area contributed by atoms with Crippen molar-refractivity contribution in [2.75, 3.05) is 19.5 Å². The molecule has 0 aromatic heterocycles. The van der Waals surface area contributed by atoms with Crippen LogP contribution in [0.3, 0.4) is 0 Å². The molecule has 0 fully saturated rings. The standard InChI is InChI=1S/C12H15F4NOS/c1-18-11(10(17)6-13)8-2-4-9(5-3-8)19-7-12(14,15)16/h2-5,10-11H,6-7,17H2,1H3. The number of rotatable bonds is 6. The highest BCUT2D eigenvalue weighted by Crippen LogP contribution is 2.29. The van der Waals surface area contributed by atoms with Gasteiger partial charge < -0.3 is 10.5 Å². The number of ether oxygens (including phenoxy) is 1. The molecule has 0 radical (unpaired) electrons. The smallest absolute Gasteiger partial charge is 0.375 e. The zero-order valence-electron chi connectivity index (χ0n) is 10.3. The number of benzene rings is 1. The lowest BCUT2D eigenvalue weighted by Crippen LogP contribution is -2.31. The maximum Gasteiger partial charge on any atom is 0.398 e. The Bertz CT molecular complexity index is 382. The summed E-state index contributed by atoms with van der Waals surface area (Å²) in [7, 11) is 1.41. The molecule has 1 rings (SSSR count). The lowest BCUT2D eigenvalue weighted by molar-refractivity contribution is -0.105. The number of hydrogen-bond donors (Lipinski definition) is 1. The van der Waals surface area contributed by atoms with Crippen molar-refractivity contribution in [1.29, 1.82) is 0 Å². The van der Waals surface area contributed by atoms with E-state index in [1.807, 2.05) is 0 Å². The Labute approximate surface area is 113 Å². The molecule has 0 bridgehead atoms. The number of thioether (sulfide) groups is 1. The van der Waals surface area contributed by atoms with Gasteiger partial charge in [0.25, 0.3) is 0 Å². The maximum absolute atomic E-state index is 12.5. The first kappa shape index (κ1) is 16.3. The van der Waals surface area contributed by atoms with E-state index in [0.717, 1.165) is 0 Å². The summed E-state index contributed by atoms with van der Waals surface area (Å²) in [4.78, 5) is 0.491. The van der Waals surface area contributed by atoms with Gasteiger partial charge in [0.1, 0.15) is 6.67 Å². The molecule has 0 spiro atoms. The Balaban J connectivity index is 2.70. The van der Waals surface area contributed by atoms with Crippen LogP contribution in [0.5, 0.6) is 0 Å². The van der Waals surface area contributed by atoms with Gasteiger partial charge in [-0.25, -0.2) is 4.39 Å². The van der Waals surface area contributed by atoms with Crippen molar-refractivity contribution in [3.05, 3.63) is 29.8 Å². The molecule has 2 unspecified atom stereocenters. The van der Waals surface area contributed by atoms with Crippen molar-refractivity contribution in [3.63, 3.8) is 0 Å². The van der Waals surface area contributed by atoms with Crippen molar-refractivity contribution in [1.82, 2.24) is 0 Å². The zero-order chi connectivity index (χ0) is 14.5. The number of halogens is 4. The summed E-state index contributed by atoms with van der Waals surface area (Å²) in [6, 6.07) is 5.50. The first-order valence-corrected chi connectivity index (χ1v) is 6.50. The fraction of sp³-hybridized carbons (Fsp3) is 0.500. The molecule has 19 heavy (non-hydrogen) atoms. The van der Waals surface area contributed by atoms with E-state index in [4.69, 9.17) is 10.5 Å². The third kappa shape index (κ3) is 5.38. The molecule has 0 heterocycles. The number of hydrogen-bond acceptors (Lipinski definition) is 3. The van der Waals surface area contributed by atoms with Crippen molar-refractivity contribution in [2.24, 2.45) is 5.73 Å². The van der Waals surface area contributed by atoms with Crippen molar-refractivity contribution in [3.8, 4) is 0 Å². The largest absolute Gasteiger partial charge is 0.398 e. The lowest BCUT2D eigenvalue weighted by Gasteiger charge is -2.20. The summed E-state index contributed by atoms with van der Waals surface area (Å²) in [6.07, 6.45) is -4.80. The Morgan fingerprint density at radius 1 is 1.26 bits per heavy atom. The second-order valence-corrected chi connectivity index (χ2v) is 5.00.